The molecule has 0 aliphatic rings. The van der Waals surface area contributed by atoms with Gasteiger partial charge in [-0.2, -0.15) is 0 Å². The number of aliphatic hydroxyl groups is 1. The minimum Gasteiger partial charge on any atom is -0.493 e. The number of aliphatic hydroxyl groups excluding tert-OH is 1. The fourth-order valence-corrected chi connectivity index (χ4v) is 3.10. The molecule has 1 atom stereocenters. The highest BCUT2D eigenvalue weighted by Gasteiger charge is 2.10. The van der Waals surface area contributed by atoms with Crippen molar-refractivity contribution < 1.29 is 19.0 Å². The topological polar surface area (TPSA) is 50.7 Å². The van der Waals surface area contributed by atoms with E-state index in [9.17, 15) is 9.50 Å². The molecule has 0 aliphatic carbocycles. The van der Waals surface area contributed by atoms with E-state index in [1.807, 2.05) is 48.5 Å². The second-order valence-electron chi connectivity index (χ2n) is 6.57. The van der Waals surface area contributed by atoms with Gasteiger partial charge in [-0.25, -0.2) is 4.39 Å². The van der Waals surface area contributed by atoms with E-state index < -0.39 is 6.10 Å². The summed E-state index contributed by atoms with van der Waals surface area (Å²) in [7, 11) is 1.57. The van der Waals surface area contributed by atoms with Crippen LogP contribution < -0.4 is 14.8 Å². The van der Waals surface area contributed by atoms with E-state index in [1.54, 1.807) is 13.2 Å². The first kappa shape index (κ1) is 21.1. The summed E-state index contributed by atoms with van der Waals surface area (Å²) in [6.45, 7) is 1.22. The lowest BCUT2D eigenvalue weighted by atomic mass is 10.1. The standard InChI is InChI=1S/C23H23ClFNO3/c1-28-23-11-16(13-26-14-21(27)17-5-3-2-4-6-17)7-10-22(23)29-15-18-8-9-19(25)12-20(18)24/h2-12,21,26-27H,13-15H2,1H3/t21-/m1/s1. The third-order valence-corrected chi connectivity index (χ3v) is 4.83. The van der Waals surface area contributed by atoms with Crippen LogP contribution in [0.15, 0.2) is 66.7 Å². The molecule has 0 unspecified atom stereocenters. The summed E-state index contributed by atoms with van der Waals surface area (Å²) in [5, 5.41) is 13.8. The molecule has 2 N–H and O–H groups in total. The second-order valence-corrected chi connectivity index (χ2v) is 6.97. The van der Waals surface area contributed by atoms with Crippen LogP contribution in [0.5, 0.6) is 11.5 Å². The monoisotopic (exact) mass is 415 g/mol. The summed E-state index contributed by atoms with van der Waals surface area (Å²) in [6, 6.07) is 19.4. The number of nitrogens with one attached hydrogen (secondary N) is 1. The van der Waals surface area contributed by atoms with Gasteiger partial charge in [-0.15, -0.1) is 0 Å². The fourth-order valence-electron chi connectivity index (χ4n) is 2.88. The van der Waals surface area contributed by atoms with Crippen molar-refractivity contribution in [1.82, 2.24) is 5.32 Å². The normalized spacial score (nSPS) is 11.9. The van der Waals surface area contributed by atoms with Crippen molar-refractivity contribution in [2.24, 2.45) is 0 Å². The molecule has 0 saturated carbocycles. The van der Waals surface area contributed by atoms with Crippen LogP contribution in [0.2, 0.25) is 5.02 Å². The first-order valence-electron chi connectivity index (χ1n) is 9.24. The van der Waals surface area contributed by atoms with Crippen LogP contribution >= 0.6 is 11.6 Å². The van der Waals surface area contributed by atoms with Gasteiger partial charge >= 0.3 is 0 Å². The Hall–Kier alpha value is -2.60. The van der Waals surface area contributed by atoms with Crippen LogP contribution in [-0.2, 0) is 13.2 Å². The highest BCUT2D eigenvalue weighted by molar-refractivity contribution is 6.31. The molecule has 3 rings (SSSR count). The van der Waals surface area contributed by atoms with E-state index in [0.717, 1.165) is 11.1 Å². The van der Waals surface area contributed by atoms with Gasteiger partial charge in [-0.05, 0) is 35.4 Å². The van der Waals surface area contributed by atoms with E-state index in [-0.39, 0.29) is 12.4 Å². The Morgan fingerprint density at radius 2 is 1.83 bits per heavy atom. The lowest BCUT2D eigenvalue weighted by Gasteiger charge is -2.15. The zero-order valence-electron chi connectivity index (χ0n) is 16.1. The molecule has 0 heterocycles. The number of hydrogen-bond acceptors (Lipinski definition) is 4. The van der Waals surface area contributed by atoms with Crippen molar-refractivity contribution in [3.05, 3.63) is 94.3 Å². The summed E-state index contributed by atoms with van der Waals surface area (Å²) >= 11 is 6.04. The summed E-state index contributed by atoms with van der Waals surface area (Å²) in [5.74, 6) is 0.776. The first-order chi connectivity index (χ1) is 14.1. The molecule has 0 fully saturated rings. The molecule has 3 aromatic rings. The molecule has 0 radical (unpaired) electrons. The van der Waals surface area contributed by atoms with Crippen molar-refractivity contribution in [3.63, 3.8) is 0 Å². The lowest BCUT2D eigenvalue weighted by Crippen LogP contribution is -2.21. The zero-order chi connectivity index (χ0) is 20.6. The molecule has 6 heteroatoms. The third kappa shape index (κ3) is 5.94. The Labute approximate surface area is 174 Å². The van der Waals surface area contributed by atoms with Crippen molar-refractivity contribution in [3.8, 4) is 11.5 Å². The first-order valence-corrected chi connectivity index (χ1v) is 9.62. The molecule has 0 aliphatic heterocycles. The summed E-state index contributed by atoms with van der Waals surface area (Å²) < 4.78 is 24.4. The van der Waals surface area contributed by atoms with Gasteiger partial charge in [0.25, 0.3) is 0 Å². The molecule has 3 aromatic carbocycles. The molecule has 0 saturated heterocycles. The predicted octanol–water partition coefficient (Wildman–Crippen LogP) is 4.89. The molecule has 0 aromatic heterocycles. The Bertz CT molecular complexity index is 937. The lowest BCUT2D eigenvalue weighted by molar-refractivity contribution is 0.174. The summed E-state index contributed by atoms with van der Waals surface area (Å²) in [5.41, 5.74) is 2.56. The Balaban J connectivity index is 1.56. The average molecular weight is 416 g/mol. The van der Waals surface area contributed by atoms with Crippen molar-refractivity contribution in [2.45, 2.75) is 19.3 Å². The Kier molecular flexibility index (Phi) is 7.47. The highest BCUT2D eigenvalue weighted by Crippen LogP contribution is 2.30. The van der Waals surface area contributed by atoms with Gasteiger partial charge in [0.1, 0.15) is 12.4 Å². The van der Waals surface area contributed by atoms with Gasteiger partial charge in [-0.3, -0.25) is 0 Å². The van der Waals surface area contributed by atoms with Gasteiger partial charge < -0.3 is 19.9 Å². The van der Waals surface area contributed by atoms with E-state index in [4.69, 9.17) is 21.1 Å². The van der Waals surface area contributed by atoms with E-state index >= 15 is 0 Å². The number of benzene rings is 3. The quantitative estimate of drug-likeness (QED) is 0.522. The van der Waals surface area contributed by atoms with Gasteiger partial charge in [0.15, 0.2) is 11.5 Å². The van der Waals surface area contributed by atoms with Crippen LogP contribution in [-0.4, -0.2) is 18.8 Å². The molecule has 0 amide bonds. The fraction of sp³-hybridized carbons (Fsp3) is 0.217. The summed E-state index contributed by atoms with van der Waals surface area (Å²) in [6.07, 6.45) is -0.568. The van der Waals surface area contributed by atoms with Crippen LogP contribution in [0.25, 0.3) is 0 Å². The third-order valence-electron chi connectivity index (χ3n) is 4.48. The summed E-state index contributed by atoms with van der Waals surface area (Å²) in [4.78, 5) is 0. The molecular formula is C23H23ClFNO3. The van der Waals surface area contributed by atoms with E-state index in [1.165, 1.54) is 12.1 Å². The van der Waals surface area contributed by atoms with Crippen LogP contribution in [0, 0.1) is 5.82 Å². The van der Waals surface area contributed by atoms with Gasteiger partial charge in [0.2, 0.25) is 0 Å². The van der Waals surface area contributed by atoms with Crippen LogP contribution in [0.3, 0.4) is 0 Å². The highest BCUT2D eigenvalue weighted by atomic mass is 35.5. The van der Waals surface area contributed by atoms with Crippen molar-refractivity contribution >= 4 is 11.6 Å². The molecule has 0 spiro atoms. The maximum Gasteiger partial charge on any atom is 0.161 e. The smallest absolute Gasteiger partial charge is 0.161 e. The van der Waals surface area contributed by atoms with Crippen LogP contribution in [0.4, 0.5) is 4.39 Å². The van der Waals surface area contributed by atoms with Crippen molar-refractivity contribution in [2.75, 3.05) is 13.7 Å². The molecule has 4 nitrogen and oxygen atoms in total. The predicted molar refractivity (Wildman–Crippen MR) is 112 cm³/mol. The maximum atomic E-state index is 13.2. The van der Waals surface area contributed by atoms with E-state index in [2.05, 4.69) is 5.32 Å². The van der Waals surface area contributed by atoms with Crippen molar-refractivity contribution in [1.29, 1.82) is 0 Å². The molecular weight excluding hydrogens is 393 g/mol. The average Bonchev–Trinajstić information content (AvgIpc) is 2.74. The molecule has 29 heavy (non-hydrogen) atoms. The minimum absolute atomic E-state index is 0.205. The minimum atomic E-state index is -0.568. The number of rotatable bonds is 9. The second kappa shape index (κ2) is 10.3. The van der Waals surface area contributed by atoms with Gasteiger partial charge in [0, 0.05) is 18.7 Å². The number of hydrogen-bond donors (Lipinski definition) is 2. The Morgan fingerprint density at radius 1 is 1.03 bits per heavy atom. The number of ether oxygens (including phenoxy) is 2. The maximum absolute atomic E-state index is 13.2. The SMILES string of the molecule is COc1cc(CNC[C@@H](O)c2ccccc2)ccc1OCc1ccc(F)cc1Cl. The largest absolute Gasteiger partial charge is 0.493 e. The van der Waals surface area contributed by atoms with Gasteiger partial charge in [0.05, 0.1) is 18.2 Å². The zero-order valence-corrected chi connectivity index (χ0v) is 16.8. The Morgan fingerprint density at radius 3 is 2.55 bits per heavy atom. The number of methoxy groups -OCH3 is 1. The number of halogens is 2. The molecule has 152 valence electrons. The van der Waals surface area contributed by atoms with Gasteiger partial charge in [-0.1, -0.05) is 54.1 Å². The molecule has 0 bridgehead atoms. The van der Waals surface area contributed by atoms with E-state index in [0.29, 0.717) is 35.2 Å². The van der Waals surface area contributed by atoms with Crippen LogP contribution in [0.1, 0.15) is 22.8 Å².